The van der Waals surface area contributed by atoms with Crippen molar-refractivity contribution in [3.05, 3.63) is 65.4 Å². The average Bonchev–Trinajstić information content (AvgIpc) is 2.70. The first-order valence-corrected chi connectivity index (χ1v) is 9.26. The van der Waals surface area contributed by atoms with Gasteiger partial charge >= 0.3 is 6.03 Å². The van der Waals surface area contributed by atoms with Crippen LogP contribution in [0.5, 0.6) is 5.75 Å². The Kier molecular flexibility index (Phi) is 6.01. The second kappa shape index (κ2) is 8.62. The number of nitrogens with one attached hydrogen (secondary N) is 1. The Labute approximate surface area is 161 Å². The number of methoxy groups -OCH3 is 1. The lowest BCUT2D eigenvalue weighted by atomic mass is 10.1. The lowest BCUT2D eigenvalue weighted by Crippen LogP contribution is -2.51. The molecule has 1 heterocycles. The molecule has 1 fully saturated rings. The topological polar surface area (TPSA) is 44.8 Å². The third-order valence-corrected chi connectivity index (χ3v) is 5.09. The van der Waals surface area contributed by atoms with Crippen molar-refractivity contribution in [2.45, 2.75) is 13.8 Å². The lowest BCUT2D eigenvalue weighted by molar-refractivity contribution is 0.198. The Balaban J connectivity index is 1.54. The second-order valence-corrected chi connectivity index (χ2v) is 6.72. The molecule has 0 radical (unpaired) electrons. The van der Waals surface area contributed by atoms with Crippen LogP contribution in [0.4, 0.5) is 10.5 Å². The first kappa shape index (κ1) is 18.8. The molecule has 142 valence electrons. The van der Waals surface area contributed by atoms with E-state index in [9.17, 15) is 4.79 Å². The molecule has 1 saturated heterocycles. The fourth-order valence-corrected chi connectivity index (χ4v) is 3.33. The summed E-state index contributed by atoms with van der Waals surface area (Å²) < 4.78 is 5.31. The standard InChI is InChI=1S/C22H27N3O2/c1-17-7-6-9-20(18(17)2)24-13-15-25(16-14-24)22(26)23-12-11-19-8-4-5-10-21(19)27-3/h4-12H,13-16H2,1-3H3,(H,23,26)/b12-11+. The van der Waals surface area contributed by atoms with Crippen LogP contribution in [0.25, 0.3) is 6.08 Å². The molecule has 0 bridgehead atoms. The van der Waals surface area contributed by atoms with Gasteiger partial charge in [-0.15, -0.1) is 0 Å². The number of urea groups is 1. The average molecular weight is 365 g/mol. The molecule has 0 saturated carbocycles. The number of rotatable bonds is 4. The van der Waals surface area contributed by atoms with E-state index in [0.717, 1.165) is 24.4 Å². The van der Waals surface area contributed by atoms with Gasteiger partial charge in [0.15, 0.2) is 0 Å². The zero-order valence-corrected chi connectivity index (χ0v) is 16.2. The van der Waals surface area contributed by atoms with Crippen LogP contribution >= 0.6 is 0 Å². The summed E-state index contributed by atoms with van der Waals surface area (Å²) in [6, 6.07) is 14.0. The number of hydrogen-bond acceptors (Lipinski definition) is 3. The van der Waals surface area contributed by atoms with Gasteiger partial charge in [0.25, 0.3) is 0 Å². The van der Waals surface area contributed by atoms with Crippen LogP contribution in [-0.4, -0.2) is 44.2 Å². The largest absolute Gasteiger partial charge is 0.496 e. The smallest absolute Gasteiger partial charge is 0.321 e. The van der Waals surface area contributed by atoms with Crippen molar-refractivity contribution in [2.75, 3.05) is 38.2 Å². The van der Waals surface area contributed by atoms with E-state index < -0.39 is 0 Å². The van der Waals surface area contributed by atoms with E-state index in [1.165, 1.54) is 16.8 Å². The van der Waals surface area contributed by atoms with E-state index in [1.54, 1.807) is 13.3 Å². The Morgan fingerprint density at radius 1 is 1.04 bits per heavy atom. The zero-order chi connectivity index (χ0) is 19.2. The minimum Gasteiger partial charge on any atom is -0.496 e. The van der Waals surface area contributed by atoms with E-state index >= 15 is 0 Å². The normalized spacial score (nSPS) is 14.5. The van der Waals surface area contributed by atoms with Gasteiger partial charge in [-0.2, -0.15) is 0 Å². The minimum atomic E-state index is -0.0678. The number of anilines is 1. The van der Waals surface area contributed by atoms with Gasteiger partial charge in [0.1, 0.15) is 5.75 Å². The molecule has 0 unspecified atom stereocenters. The third-order valence-electron chi connectivity index (χ3n) is 5.09. The van der Waals surface area contributed by atoms with Crippen molar-refractivity contribution >= 4 is 17.8 Å². The van der Waals surface area contributed by atoms with Gasteiger partial charge in [0.2, 0.25) is 0 Å². The predicted octanol–water partition coefficient (Wildman–Crippen LogP) is 3.81. The van der Waals surface area contributed by atoms with Crippen molar-refractivity contribution < 1.29 is 9.53 Å². The summed E-state index contributed by atoms with van der Waals surface area (Å²) in [6.07, 6.45) is 3.53. The quantitative estimate of drug-likeness (QED) is 0.896. The molecule has 0 aliphatic carbocycles. The Morgan fingerprint density at radius 2 is 1.78 bits per heavy atom. The highest BCUT2D eigenvalue weighted by Crippen LogP contribution is 2.24. The Hall–Kier alpha value is -2.95. The first-order valence-electron chi connectivity index (χ1n) is 9.26. The van der Waals surface area contributed by atoms with E-state index in [-0.39, 0.29) is 6.03 Å². The van der Waals surface area contributed by atoms with Crippen molar-refractivity contribution in [2.24, 2.45) is 0 Å². The third kappa shape index (κ3) is 4.42. The van der Waals surface area contributed by atoms with Gasteiger partial charge < -0.3 is 19.9 Å². The fraction of sp³-hybridized carbons (Fsp3) is 0.318. The van der Waals surface area contributed by atoms with Gasteiger partial charge in [-0.3, -0.25) is 0 Å². The molecule has 2 aromatic rings. The van der Waals surface area contributed by atoms with Crippen LogP contribution in [0, 0.1) is 13.8 Å². The van der Waals surface area contributed by atoms with Crippen LogP contribution in [0.2, 0.25) is 0 Å². The molecular formula is C22H27N3O2. The fourth-order valence-electron chi connectivity index (χ4n) is 3.33. The summed E-state index contributed by atoms with van der Waals surface area (Å²) in [5.74, 6) is 0.783. The van der Waals surface area contributed by atoms with Crippen molar-refractivity contribution in [1.29, 1.82) is 0 Å². The molecule has 1 N–H and O–H groups in total. The lowest BCUT2D eigenvalue weighted by Gasteiger charge is -2.36. The van der Waals surface area contributed by atoms with E-state index in [0.29, 0.717) is 13.1 Å². The number of hydrogen-bond donors (Lipinski definition) is 1. The molecule has 1 aliphatic rings. The SMILES string of the molecule is COc1ccccc1/C=C/NC(=O)N1CCN(c2cccc(C)c2C)CC1. The highest BCUT2D eigenvalue weighted by atomic mass is 16.5. The maximum absolute atomic E-state index is 12.4. The second-order valence-electron chi connectivity index (χ2n) is 6.72. The molecule has 27 heavy (non-hydrogen) atoms. The maximum atomic E-state index is 12.4. The van der Waals surface area contributed by atoms with Gasteiger partial charge in [-0.05, 0) is 43.2 Å². The summed E-state index contributed by atoms with van der Waals surface area (Å²) in [7, 11) is 1.64. The number of aryl methyl sites for hydroxylation is 1. The van der Waals surface area contributed by atoms with Crippen molar-refractivity contribution in [3.63, 3.8) is 0 Å². The Morgan fingerprint density at radius 3 is 2.52 bits per heavy atom. The van der Waals surface area contributed by atoms with Gasteiger partial charge in [-0.25, -0.2) is 4.79 Å². The molecule has 5 nitrogen and oxygen atoms in total. The van der Waals surface area contributed by atoms with Crippen molar-refractivity contribution in [1.82, 2.24) is 10.2 Å². The minimum absolute atomic E-state index is 0.0678. The molecule has 2 amide bonds. The molecular weight excluding hydrogens is 338 g/mol. The van der Waals surface area contributed by atoms with Crippen molar-refractivity contribution in [3.8, 4) is 5.75 Å². The molecule has 1 aliphatic heterocycles. The number of piperazine rings is 1. The van der Waals surface area contributed by atoms with Crippen LogP contribution in [0.15, 0.2) is 48.7 Å². The number of amides is 2. The highest BCUT2D eigenvalue weighted by molar-refractivity contribution is 5.77. The maximum Gasteiger partial charge on any atom is 0.321 e. The molecule has 0 atom stereocenters. The van der Waals surface area contributed by atoms with Crippen LogP contribution in [-0.2, 0) is 0 Å². The van der Waals surface area contributed by atoms with Crippen LogP contribution in [0.1, 0.15) is 16.7 Å². The van der Waals surface area contributed by atoms with Crippen LogP contribution < -0.4 is 15.0 Å². The monoisotopic (exact) mass is 365 g/mol. The van der Waals surface area contributed by atoms with E-state index in [2.05, 4.69) is 42.3 Å². The predicted molar refractivity (Wildman–Crippen MR) is 110 cm³/mol. The van der Waals surface area contributed by atoms with Gasteiger partial charge in [-0.1, -0.05) is 30.3 Å². The van der Waals surface area contributed by atoms with E-state index in [4.69, 9.17) is 4.74 Å². The number of para-hydroxylation sites is 1. The number of nitrogens with zero attached hydrogens (tertiary/aromatic N) is 2. The Bertz CT molecular complexity index is 824. The number of benzene rings is 2. The van der Waals surface area contributed by atoms with E-state index in [1.807, 2.05) is 35.2 Å². The van der Waals surface area contributed by atoms with Crippen LogP contribution in [0.3, 0.4) is 0 Å². The summed E-state index contributed by atoms with van der Waals surface area (Å²) in [5.41, 5.74) is 4.82. The first-order chi connectivity index (χ1) is 13.1. The highest BCUT2D eigenvalue weighted by Gasteiger charge is 2.21. The zero-order valence-electron chi connectivity index (χ0n) is 16.2. The molecule has 3 rings (SSSR count). The summed E-state index contributed by atoms with van der Waals surface area (Å²) >= 11 is 0. The number of carbonyl (C=O) groups is 1. The van der Waals surface area contributed by atoms with Gasteiger partial charge in [0.05, 0.1) is 7.11 Å². The molecule has 2 aromatic carbocycles. The van der Waals surface area contributed by atoms with Gasteiger partial charge in [0, 0.05) is 43.6 Å². The summed E-state index contributed by atoms with van der Waals surface area (Å²) in [4.78, 5) is 16.6. The molecule has 0 spiro atoms. The number of ether oxygens (including phenoxy) is 1. The number of carbonyl (C=O) groups excluding carboxylic acids is 1. The summed E-state index contributed by atoms with van der Waals surface area (Å²) in [5, 5.41) is 2.86. The summed E-state index contributed by atoms with van der Waals surface area (Å²) in [6.45, 7) is 7.40. The molecule has 5 heteroatoms. The molecule has 0 aromatic heterocycles.